The Balaban J connectivity index is 1.41. The first-order chi connectivity index (χ1) is 19.5. The molecular formula is C30H33ClFN5O4. The molecule has 3 heterocycles. The van der Waals surface area contributed by atoms with Gasteiger partial charge < -0.3 is 24.6 Å². The fourth-order valence-corrected chi connectivity index (χ4v) is 5.32. The van der Waals surface area contributed by atoms with Crippen LogP contribution in [0.2, 0.25) is 5.02 Å². The van der Waals surface area contributed by atoms with Gasteiger partial charge >= 0.3 is 12.1 Å². The Morgan fingerprint density at radius 2 is 1.68 bits per heavy atom. The summed E-state index contributed by atoms with van der Waals surface area (Å²) in [5.74, 6) is 0.774. The van der Waals surface area contributed by atoms with Crippen molar-refractivity contribution >= 4 is 35.2 Å². The van der Waals surface area contributed by atoms with Crippen molar-refractivity contribution in [1.82, 2.24) is 15.2 Å². The summed E-state index contributed by atoms with van der Waals surface area (Å²) < 4.78 is 26.4. The third-order valence-electron chi connectivity index (χ3n) is 6.98. The van der Waals surface area contributed by atoms with E-state index in [4.69, 9.17) is 21.1 Å². The zero-order chi connectivity index (χ0) is 29.3. The Morgan fingerprint density at radius 3 is 2.27 bits per heavy atom. The second-order valence-corrected chi connectivity index (χ2v) is 11.3. The normalized spacial score (nSPS) is 15.7. The van der Waals surface area contributed by atoms with Gasteiger partial charge in [-0.25, -0.2) is 19.0 Å². The third-order valence-corrected chi connectivity index (χ3v) is 7.28. The summed E-state index contributed by atoms with van der Waals surface area (Å²) in [5.41, 5.74) is 2.53. The number of carbonyl (C=O) groups excluding carboxylic acids is 2. The summed E-state index contributed by atoms with van der Waals surface area (Å²) >= 11 is 6.58. The minimum atomic E-state index is -0.551. The number of nitrogens with one attached hydrogen (secondary N) is 1. The van der Waals surface area contributed by atoms with E-state index in [2.05, 4.69) is 15.2 Å². The Kier molecular flexibility index (Phi) is 7.95. The van der Waals surface area contributed by atoms with Crippen LogP contribution in [-0.2, 0) is 4.74 Å². The first-order valence-electron chi connectivity index (χ1n) is 13.5. The second-order valence-electron chi connectivity index (χ2n) is 10.9. The van der Waals surface area contributed by atoms with Crippen molar-refractivity contribution in [3.63, 3.8) is 0 Å². The van der Waals surface area contributed by atoms with Crippen LogP contribution in [0.3, 0.4) is 0 Å². The summed E-state index contributed by atoms with van der Waals surface area (Å²) in [7, 11) is 1.54. The zero-order valence-corrected chi connectivity index (χ0v) is 24.3. The number of nitrogens with zero attached hydrogens (tertiary/aromatic N) is 4. The molecule has 0 bridgehead atoms. The number of urea groups is 1. The molecule has 0 atom stereocenters. The maximum absolute atomic E-state index is 15.1. The molecule has 0 unspecified atom stereocenters. The molecule has 41 heavy (non-hydrogen) atoms. The van der Waals surface area contributed by atoms with Gasteiger partial charge in [-0.1, -0.05) is 17.7 Å². The minimum absolute atomic E-state index is 0.204. The summed E-state index contributed by atoms with van der Waals surface area (Å²) in [5, 5.41) is 3.14. The first kappa shape index (κ1) is 28.5. The van der Waals surface area contributed by atoms with E-state index >= 15 is 4.39 Å². The minimum Gasteiger partial charge on any atom is -0.495 e. The highest BCUT2D eigenvalue weighted by molar-refractivity contribution is 6.34. The SMILES string of the molecule is COc1c(-c2ccnc(N3CCN(C(=O)OC(C)(C)C)CC3)c2)cc(F)cc1-c1ccc(N2CCNC2=O)c(Cl)c1. The molecule has 0 radical (unpaired) electrons. The van der Waals surface area contributed by atoms with E-state index in [0.717, 1.165) is 11.4 Å². The molecule has 2 fully saturated rings. The molecule has 0 spiro atoms. The van der Waals surface area contributed by atoms with Crippen molar-refractivity contribution in [3.8, 4) is 28.0 Å². The van der Waals surface area contributed by atoms with Crippen molar-refractivity contribution in [1.29, 1.82) is 0 Å². The molecule has 9 nitrogen and oxygen atoms in total. The Morgan fingerprint density at radius 1 is 1.00 bits per heavy atom. The van der Waals surface area contributed by atoms with E-state index in [1.165, 1.54) is 12.1 Å². The van der Waals surface area contributed by atoms with Gasteiger partial charge in [-0.15, -0.1) is 0 Å². The van der Waals surface area contributed by atoms with E-state index in [1.807, 2.05) is 32.9 Å². The van der Waals surface area contributed by atoms with Gasteiger partial charge in [0.1, 0.15) is 23.0 Å². The van der Waals surface area contributed by atoms with Crippen molar-refractivity contribution in [2.24, 2.45) is 0 Å². The van der Waals surface area contributed by atoms with Crippen LogP contribution >= 0.6 is 11.6 Å². The molecule has 2 aromatic carbocycles. The smallest absolute Gasteiger partial charge is 0.410 e. The highest BCUT2D eigenvalue weighted by Crippen LogP contribution is 2.42. The van der Waals surface area contributed by atoms with Crippen LogP contribution in [0, 0.1) is 5.82 Å². The van der Waals surface area contributed by atoms with Crippen molar-refractivity contribution < 1.29 is 23.5 Å². The lowest BCUT2D eigenvalue weighted by Crippen LogP contribution is -2.50. The number of amides is 3. The molecule has 1 N–H and O–H groups in total. The molecule has 0 aliphatic carbocycles. The quantitative estimate of drug-likeness (QED) is 0.410. The number of hydrogen-bond acceptors (Lipinski definition) is 6. The molecule has 0 saturated carbocycles. The molecule has 11 heteroatoms. The van der Waals surface area contributed by atoms with Gasteiger partial charge in [-0.3, -0.25) is 4.90 Å². The maximum Gasteiger partial charge on any atom is 0.410 e. The van der Waals surface area contributed by atoms with Crippen molar-refractivity contribution in [2.75, 3.05) is 56.2 Å². The molecule has 2 aliphatic rings. The number of ether oxygens (including phenoxy) is 2. The molecule has 216 valence electrons. The summed E-state index contributed by atoms with van der Waals surface area (Å²) in [4.78, 5) is 34.5. The lowest BCUT2D eigenvalue weighted by atomic mass is 9.97. The predicted octanol–water partition coefficient (Wildman–Crippen LogP) is 5.80. The first-order valence-corrected chi connectivity index (χ1v) is 13.8. The van der Waals surface area contributed by atoms with Gasteiger partial charge in [-0.05, 0) is 68.3 Å². The molecule has 3 aromatic rings. The highest BCUT2D eigenvalue weighted by atomic mass is 35.5. The van der Waals surface area contributed by atoms with Gasteiger partial charge in [0.15, 0.2) is 0 Å². The van der Waals surface area contributed by atoms with Crippen molar-refractivity contribution in [2.45, 2.75) is 26.4 Å². The average Bonchev–Trinajstić information content (AvgIpc) is 3.37. The monoisotopic (exact) mass is 581 g/mol. The highest BCUT2D eigenvalue weighted by Gasteiger charge is 2.27. The number of piperazine rings is 1. The molecule has 5 rings (SSSR count). The number of carbonyl (C=O) groups is 2. The molecule has 3 amide bonds. The van der Waals surface area contributed by atoms with Gasteiger partial charge in [0.25, 0.3) is 0 Å². The average molecular weight is 582 g/mol. The van der Waals surface area contributed by atoms with E-state index in [-0.39, 0.29) is 12.1 Å². The Labute approximate surface area is 243 Å². The molecule has 1 aromatic heterocycles. The number of hydrogen-bond donors (Lipinski definition) is 1. The number of rotatable bonds is 5. The predicted molar refractivity (Wildman–Crippen MR) is 157 cm³/mol. The van der Waals surface area contributed by atoms with Gasteiger partial charge in [0.2, 0.25) is 0 Å². The van der Waals surface area contributed by atoms with Crippen molar-refractivity contribution in [3.05, 3.63) is 59.5 Å². The Bertz CT molecular complexity index is 1470. The van der Waals surface area contributed by atoms with Crippen LogP contribution in [0.4, 0.5) is 25.5 Å². The number of anilines is 2. The standard InChI is InChI=1S/C30H33ClFN5O4/c1-30(2,3)41-29(39)36-13-11-35(12-14-36)26-16-20(7-8-33-26)23-18-21(32)17-22(27(23)40-4)19-5-6-25(24(31)15-19)37-10-9-34-28(37)38/h5-8,15-18H,9-14H2,1-4H3,(H,34,38). The number of halogens is 2. The van der Waals surface area contributed by atoms with Crippen LogP contribution in [0.1, 0.15) is 20.8 Å². The number of aromatic nitrogens is 1. The van der Waals surface area contributed by atoms with Gasteiger partial charge in [0, 0.05) is 56.6 Å². The number of pyridine rings is 1. The number of benzene rings is 2. The molecule has 2 aliphatic heterocycles. The fourth-order valence-electron chi connectivity index (χ4n) is 5.04. The van der Waals surface area contributed by atoms with Gasteiger partial charge in [-0.2, -0.15) is 0 Å². The van der Waals surface area contributed by atoms with Crippen LogP contribution in [0.5, 0.6) is 5.75 Å². The second kappa shape index (κ2) is 11.4. The van der Waals surface area contributed by atoms with E-state index < -0.39 is 11.4 Å². The van der Waals surface area contributed by atoms with Crippen LogP contribution in [0.15, 0.2) is 48.7 Å². The Hall–Kier alpha value is -4.05. The lowest BCUT2D eigenvalue weighted by Gasteiger charge is -2.36. The topological polar surface area (TPSA) is 87.2 Å². The van der Waals surface area contributed by atoms with Crippen LogP contribution in [-0.4, -0.2) is 74.0 Å². The number of methoxy groups -OCH3 is 1. The van der Waals surface area contributed by atoms with E-state index in [0.29, 0.717) is 72.4 Å². The lowest BCUT2D eigenvalue weighted by molar-refractivity contribution is 0.0240. The summed E-state index contributed by atoms with van der Waals surface area (Å²) in [6.45, 7) is 8.79. The van der Waals surface area contributed by atoms with Crippen LogP contribution < -0.4 is 19.9 Å². The largest absolute Gasteiger partial charge is 0.495 e. The van der Waals surface area contributed by atoms with Gasteiger partial charge in [0.05, 0.1) is 17.8 Å². The summed E-state index contributed by atoms with van der Waals surface area (Å²) in [6, 6.07) is 11.6. The maximum atomic E-state index is 15.1. The molecule has 2 saturated heterocycles. The zero-order valence-electron chi connectivity index (χ0n) is 23.5. The summed E-state index contributed by atoms with van der Waals surface area (Å²) in [6.07, 6.45) is 1.36. The van der Waals surface area contributed by atoms with E-state index in [9.17, 15) is 9.59 Å². The third kappa shape index (κ3) is 6.17. The molecular weight excluding hydrogens is 549 g/mol. The fraction of sp³-hybridized carbons (Fsp3) is 0.367. The van der Waals surface area contributed by atoms with E-state index in [1.54, 1.807) is 41.3 Å². The van der Waals surface area contributed by atoms with Crippen LogP contribution in [0.25, 0.3) is 22.3 Å².